The Morgan fingerprint density at radius 2 is 1.86 bits per heavy atom. The van der Waals surface area contributed by atoms with Gasteiger partial charge in [0.05, 0.1) is 17.7 Å². The number of halogens is 1. The van der Waals surface area contributed by atoms with Gasteiger partial charge in [-0.2, -0.15) is 0 Å². The Kier molecular flexibility index (Phi) is 4.75. The standard InChI is InChI=1S/C15H14BrNO5/c1-3-22-15(21)12(8(2)18)7-17-13(19)10-5-4-9(16)6-11(10)14(17)20/h4-6,12H,3,7H2,1-2H3. The van der Waals surface area contributed by atoms with Crippen LogP contribution in [0.25, 0.3) is 0 Å². The van der Waals surface area contributed by atoms with Gasteiger partial charge in [0, 0.05) is 11.0 Å². The summed E-state index contributed by atoms with van der Waals surface area (Å²) in [6.07, 6.45) is 0. The molecule has 1 heterocycles. The lowest BCUT2D eigenvalue weighted by Gasteiger charge is -2.19. The van der Waals surface area contributed by atoms with Gasteiger partial charge in [-0.05, 0) is 32.0 Å². The van der Waals surface area contributed by atoms with Gasteiger partial charge in [0.2, 0.25) is 0 Å². The number of Topliss-reactive ketones (excluding diaryl/α,β-unsaturated/α-hetero) is 1. The molecule has 6 nitrogen and oxygen atoms in total. The van der Waals surface area contributed by atoms with E-state index in [1.807, 2.05) is 0 Å². The summed E-state index contributed by atoms with van der Waals surface area (Å²) in [5.74, 6) is -3.37. The van der Waals surface area contributed by atoms with E-state index in [-0.39, 0.29) is 24.3 Å². The summed E-state index contributed by atoms with van der Waals surface area (Å²) in [5.41, 5.74) is 0.518. The van der Waals surface area contributed by atoms with E-state index < -0.39 is 29.5 Å². The number of esters is 1. The minimum atomic E-state index is -1.16. The lowest BCUT2D eigenvalue weighted by molar-refractivity contribution is -0.151. The molecule has 1 aliphatic heterocycles. The smallest absolute Gasteiger partial charge is 0.318 e. The van der Waals surface area contributed by atoms with Crippen LogP contribution in [0.2, 0.25) is 0 Å². The van der Waals surface area contributed by atoms with E-state index in [2.05, 4.69) is 15.9 Å². The minimum absolute atomic E-state index is 0.123. The first-order valence-electron chi connectivity index (χ1n) is 6.69. The molecular weight excluding hydrogens is 354 g/mol. The third-order valence-electron chi connectivity index (χ3n) is 3.36. The maximum atomic E-state index is 12.3. The van der Waals surface area contributed by atoms with Crippen molar-refractivity contribution < 1.29 is 23.9 Å². The highest BCUT2D eigenvalue weighted by Gasteiger charge is 2.39. The Balaban J connectivity index is 2.27. The third-order valence-corrected chi connectivity index (χ3v) is 3.85. The molecule has 1 aromatic carbocycles. The van der Waals surface area contributed by atoms with Gasteiger partial charge in [0.15, 0.2) is 0 Å². The van der Waals surface area contributed by atoms with E-state index >= 15 is 0 Å². The number of hydrogen-bond acceptors (Lipinski definition) is 5. The molecule has 2 rings (SSSR count). The zero-order valence-electron chi connectivity index (χ0n) is 12.1. The first-order chi connectivity index (χ1) is 10.4. The molecule has 0 saturated carbocycles. The molecule has 0 N–H and O–H groups in total. The van der Waals surface area contributed by atoms with Gasteiger partial charge in [-0.15, -0.1) is 0 Å². The quantitative estimate of drug-likeness (QED) is 0.450. The minimum Gasteiger partial charge on any atom is -0.465 e. The van der Waals surface area contributed by atoms with Gasteiger partial charge in [-0.1, -0.05) is 15.9 Å². The van der Waals surface area contributed by atoms with Crippen LogP contribution in [0.3, 0.4) is 0 Å². The van der Waals surface area contributed by atoms with Crippen molar-refractivity contribution >= 4 is 39.5 Å². The largest absolute Gasteiger partial charge is 0.465 e. The summed E-state index contributed by atoms with van der Waals surface area (Å²) < 4.78 is 5.50. The van der Waals surface area contributed by atoms with Crippen LogP contribution in [0.15, 0.2) is 22.7 Å². The van der Waals surface area contributed by atoms with E-state index in [9.17, 15) is 19.2 Å². The highest BCUT2D eigenvalue weighted by atomic mass is 79.9. The molecule has 0 spiro atoms. The number of amides is 2. The molecule has 0 saturated heterocycles. The van der Waals surface area contributed by atoms with Crippen LogP contribution in [0.5, 0.6) is 0 Å². The molecule has 1 atom stereocenters. The fourth-order valence-electron chi connectivity index (χ4n) is 2.22. The average Bonchev–Trinajstić information content (AvgIpc) is 2.68. The Morgan fingerprint density at radius 1 is 1.23 bits per heavy atom. The first-order valence-corrected chi connectivity index (χ1v) is 7.49. The number of carbonyl (C=O) groups excluding carboxylic acids is 4. The van der Waals surface area contributed by atoms with Crippen LogP contribution in [0.1, 0.15) is 34.6 Å². The van der Waals surface area contributed by atoms with Gasteiger partial charge in [0.1, 0.15) is 11.7 Å². The number of ether oxygens (including phenoxy) is 1. The summed E-state index contributed by atoms with van der Waals surface area (Å²) in [6.45, 7) is 2.67. The van der Waals surface area contributed by atoms with E-state index in [0.717, 1.165) is 4.90 Å². The Labute approximate surface area is 135 Å². The Hall–Kier alpha value is -2.02. The van der Waals surface area contributed by atoms with Gasteiger partial charge < -0.3 is 4.74 Å². The van der Waals surface area contributed by atoms with Crippen LogP contribution < -0.4 is 0 Å². The summed E-state index contributed by atoms with van der Waals surface area (Å²) in [5, 5.41) is 0. The SMILES string of the molecule is CCOC(=O)C(CN1C(=O)c2ccc(Br)cc2C1=O)C(C)=O. The van der Waals surface area contributed by atoms with Crippen LogP contribution in [0, 0.1) is 5.92 Å². The van der Waals surface area contributed by atoms with Crippen molar-refractivity contribution in [1.29, 1.82) is 0 Å². The number of nitrogens with zero attached hydrogens (tertiary/aromatic N) is 1. The second-order valence-electron chi connectivity index (χ2n) is 4.83. The zero-order valence-corrected chi connectivity index (χ0v) is 13.7. The van der Waals surface area contributed by atoms with E-state index in [4.69, 9.17) is 4.74 Å². The number of fused-ring (bicyclic) bond motifs is 1. The highest BCUT2D eigenvalue weighted by Crippen LogP contribution is 2.27. The molecular formula is C15H14BrNO5. The topological polar surface area (TPSA) is 80.8 Å². The molecule has 116 valence electrons. The number of ketones is 1. The van der Waals surface area contributed by atoms with Gasteiger partial charge >= 0.3 is 5.97 Å². The number of hydrogen-bond donors (Lipinski definition) is 0. The van der Waals surface area contributed by atoms with Gasteiger partial charge in [-0.3, -0.25) is 24.1 Å². The lowest BCUT2D eigenvalue weighted by atomic mass is 10.1. The third kappa shape index (κ3) is 2.94. The van der Waals surface area contributed by atoms with Crippen molar-refractivity contribution in [2.24, 2.45) is 5.92 Å². The fourth-order valence-corrected chi connectivity index (χ4v) is 2.58. The van der Waals surface area contributed by atoms with Crippen LogP contribution in [-0.2, 0) is 14.3 Å². The average molecular weight is 368 g/mol. The number of carbonyl (C=O) groups is 4. The summed E-state index contributed by atoms with van der Waals surface area (Å²) in [6, 6.07) is 4.73. The summed E-state index contributed by atoms with van der Waals surface area (Å²) in [7, 11) is 0. The molecule has 1 aromatic rings. The predicted octanol–water partition coefficient (Wildman–Crippen LogP) is 1.81. The first kappa shape index (κ1) is 16.4. The van der Waals surface area contributed by atoms with Crippen molar-refractivity contribution in [2.75, 3.05) is 13.2 Å². The van der Waals surface area contributed by atoms with Crippen LogP contribution >= 0.6 is 15.9 Å². The maximum absolute atomic E-state index is 12.3. The van der Waals surface area contributed by atoms with Crippen LogP contribution in [0.4, 0.5) is 0 Å². The molecule has 22 heavy (non-hydrogen) atoms. The second kappa shape index (κ2) is 6.39. The normalized spacial score (nSPS) is 14.8. The van der Waals surface area contributed by atoms with Crippen molar-refractivity contribution in [2.45, 2.75) is 13.8 Å². The monoisotopic (exact) mass is 367 g/mol. The predicted molar refractivity (Wildman–Crippen MR) is 80.3 cm³/mol. The molecule has 0 fully saturated rings. The lowest BCUT2D eigenvalue weighted by Crippen LogP contribution is -2.40. The Morgan fingerprint density at radius 3 is 2.45 bits per heavy atom. The molecule has 2 amide bonds. The zero-order chi connectivity index (χ0) is 16.4. The van der Waals surface area contributed by atoms with Crippen LogP contribution in [-0.4, -0.2) is 41.6 Å². The number of rotatable bonds is 5. The van der Waals surface area contributed by atoms with E-state index in [0.29, 0.717) is 4.47 Å². The molecule has 0 aliphatic carbocycles. The molecule has 0 radical (unpaired) electrons. The van der Waals surface area contributed by atoms with Crippen molar-refractivity contribution in [3.8, 4) is 0 Å². The summed E-state index contributed by atoms with van der Waals surface area (Å²) in [4.78, 5) is 49.0. The molecule has 0 bridgehead atoms. The second-order valence-corrected chi connectivity index (χ2v) is 5.74. The molecule has 7 heteroatoms. The molecule has 0 aromatic heterocycles. The van der Waals surface area contributed by atoms with E-state index in [1.165, 1.54) is 13.0 Å². The van der Waals surface area contributed by atoms with Crippen molar-refractivity contribution in [1.82, 2.24) is 4.90 Å². The van der Waals surface area contributed by atoms with E-state index in [1.54, 1.807) is 19.1 Å². The van der Waals surface area contributed by atoms with Gasteiger partial charge in [0.25, 0.3) is 11.8 Å². The number of imide groups is 1. The fraction of sp³-hybridized carbons (Fsp3) is 0.333. The van der Waals surface area contributed by atoms with Crippen molar-refractivity contribution in [3.63, 3.8) is 0 Å². The van der Waals surface area contributed by atoms with Gasteiger partial charge in [-0.25, -0.2) is 0 Å². The molecule has 1 aliphatic rings. The Bertz CT molecular complexity index is 670. The summed E-state index contributed by atoms with van der Waals surface area (Å²) >= 11 is 3.24. The maximum Gasteiger partial charge on any atom is 0.318 e. The highest BCUT2D eigenvalue weighted by molar-refractivity contribution is 9.10. The van der Waals surface area contributed by atoms with Crippen molar-refractivity contribution in [3.05, 3.63) is 33.8 Å². The number of benzene rings is 1. The molecule has 1 unspecified atom stereocenters.